The lowest BCUT2D eigenvalue weighted by Crippen LogP contribution is -1.99. The van der Waals surface area contributed by atoms with E-state index in [1.54, 1.807) is 30.5 Å². The number of aromatic nitrogens is 2. The maximum Gasteiger partial charge on any atom is 0.174 e. The van der Waals surface area contributed by atoms with E-state index in [0.717, 1.165) is 0 Å². The van der Waals surface area contributed by atoms with Gasteiger partial charge in [0.05, 0.1) is 11.8 Å². The number of ether oxygens (including phenoxy) is 1. The van der Waals surface area contributed by atoms with Crippen molar-refractivity contribution >= 4 is 5.69 Å². The molecule has 1 aromatic carbocycles. The maximum absolute atomic E-state index is 8.62. The first-order valence-corrected chi connectivity index (χ1v) is 5.54. The Hall–Kier alpha value is -2.99. The van der Waals surface area contributed by atoms with E-state index in [1.807, 2.05) is 12.1 Å². The van der Waals surface area contributed by atoms with E-state index >= 15 is 0 Å². The van der Waals surface area contributed by atoms with Crippen LogP contribution in [0.2, 0.25) is 0 Å². The van der Waals surface area contributed by atoms with Gasteiger partial charge >= 0.3 is 0 Å². The van der Waals surface area contributed by atoms with E-state index in [1.165, 1.54) is 4.68 Å². The van der Waals surface area contributed by atoms with Crippen LogP contribution in [-0.2, 0) is 6.54 Å². The number of nitrogens with zero attached hydrogens (tertiary/aromatic N) is 4. The molecule has 0 amide bonds. The van der Waals surface area contributed by atoms with Gasteiger partial charge < -0.3 is 10.5 Å². The van der Waals surface area contributed by atoms with Gasteiger partial charge in [-0.05, 0) is 24.3 Å². The van der Waals surface area contributed by atoms with Gasteiger partial charge in [0, 0.05) is 17.4 Å². The topological polar surface area (TPSA) is 101 Å². The third-order valence-electron chi connectivity index (χ3n) is 2.45. The Bertz CT molecular complexity index is 662. The number of benzene rings is 1. The van der Waals surface area contributed by atoms with Crippen LogP contribution in [0.4, 0.5) is 5.69 Å². The molecule has 0 spiro atoms. The van der Waals surface area contributed by atoms with Crippen LogP contribution in [-0.4, -0.2) is 16.4 Å². The summed E-state index contributed by atoms with van der Waals surface area (Å²) in [6, 6.07) is 10.8. The van der Waals surface area contributed by atoms with Crippen LogP contribution >= 0.6 is 0 Å². The molecule has 2 aromatic rings. The summed E-state index contributed by atoms with van der Waals surface area (Å²) in [7, 11) is 0. The summed E-state index contributed by atoms with van der Waals surface area (Å²) in [6.45, 7) is 0.131. The number of nitriles is 2. The highest BCUT2D eigenvalue weighted by Gasteiger charge is 2.10. The Morgan fingerprint density at radius 1 is 1.26 bits per heavy atom. The second-order valence-corrected chi connectivity index (χ2v) is 3.76. The third-order valence-corrected chi connectivity index (χ3v) is 2.45. The van der Waals surface area contributed by atoms with Crippen molar-refractivity contribution < 1.29 is 4.74 Å². The molecule has 6 heteroatoms. The SMILES string of the molecule is N#CCOc1ccc(N)cc1-c1ccn(CC#N)n1. The molecule has 94 valence electrons. The van der Waals surface area contributed by atoms with Crippen molar-refractivity contribution in [3.05, 3.63) is 30.5 Å². The standard InChI is InChI=1S/C13H11N5O/c14-4-7-18-6-3-12(17-18)11-9-10(16)1-2-13(11)19-8-5-15/h1-3,6,9H,7-8,16H2. The van der Waals surface area contributed by atoms with Crippen molar-refractivity contribution in [3.8, 4) is 29.1 Å². The number of rotatable bonds is 4. The normalized spacial score (nSPS) is 9.58. The lowest BCUT2D eigenvalue weighted by molar-refractivity contribution is 0.369. The average Bonchev–Trinajstić information content (AvgIpc) is 2.86. The van der Waals surface area contributed by atoms with Crippen LogP contribution in [0.5, 0.6) is 5.75 Å². The van der Waals surface area contributed by atoms with Gasteiger partial charge in [0.1, 0.15) is 18.4 Å². The van der Waals surface area contributed by atoms with Gasteiger partial charge in [0.2, 0.25) is 0 Å². The van der Waals surface area contributed by atoms with E-state index in [9.17, 15) is 0 Å². The summed E-state index contributed by atoms with van der Waals surface area (Å²) >= 11 is 0. The van der Waals surface area contributed by atoms with Crippen molar-refractivity contribution in [2.45, 2.75) is 6.54 Å². The molecule has 0 saturated carbocycles. The monoisotopic (exact) mass is 253 g/mol. The summed E-state index contributed by atoms with van der Waals surface area (Å²) in [5, 5.41) is 21.4. The quantitative estimate of drug-likeness (QED) is 0.833. The van der Waals surface area contributed by atoms with E-state index in [4.69, 9.17) is 21.0 Å². The van der Waals surface area contributed by atoms with Crippen LogP contribution in [0.15, 0.2) is 30.5 Å². The number of nitrogens with two attached hydrogens (primary N) is 1. The van der Waals surface area contributed by atoms with Crippen molar-refractivity contribution in [2.24, 2.45) is 0 Å². The second-order valence-electron chi connectivity index (χ2n) is 3.76. The minimum Gasteiger partial charge on any atom is -0.478 e. The van der Waals surface area contributed by atoms with Crippen molar-refractivity contribution in [2.75, 3.05) is 12.3 Å². The molecule has 0 bridgehead atoms. The number of hydrogen-bond donors (Lipinski definition) is 1. The fourth-order valence-corrected chi connectivity index (χ4v) is 1.65. The molecule has 19 heavy (non-hydrogen) atoms. The van der Waals surface area contributed by atoms with Crippen molar-refractivity contribution in [3.63, 3.8) is 0 Å². The Kier molecular flexibility index (Phi) is 3.65. The highest BCUT2D eigenvalue weighted by molar-refractivity contribution is 5.71. The summed E-state index contributed by atoms with van der Waals surface area (Å²) in [4.78, 5) is 0. The van der Waals surface area contributed by atoms with Gasteiger partial charge in [-0.1, -0.05) is 0 Å². The fraction of sp³-hybridized carbons (Fsp3) is 0.154. The zero-order valence-corrected chi connectivity index (χ0v) is 10.1. The van der Waals surface area contributed by atoms with E-state index in [2.05, 4.69) is 5.10 Å². The minimum absolute atomic E-state index is 0.0458. The zero-order valence-electron chi connectivity index (χ0n) is 10.1. The highest BCUT2D eigenvalue weighted by atomic mass is 16.5. The minimum atomic E-state index is -0.0458. The Labute approximate surface area is 110 Å². The highest BCUT2D eigenvalue weighted by Crippen LogP contribution is 2.30. The molecule has 0 aliphatic rings. The van der Waals surface area contributed by atoms with Crippen LogP contribution in [0, 0.1) is 22.7 Å². The van der Waals surface area contributed by atoms with Gasteiger partial charge in [0.25, 0.3) is 0 Å². The number of anilines is 1. The largest absolute Gasteiger partial charge is 0.478 e. The van der Waals surface area contributed by atoms with Crippen molar-refractivity contribution in [1.29, 1.82) is 10.5 Å². The molecule has 2 N–H and O–H groups in total. The number of nitrogen functional groups attached to an aromatic ring is 1. The molecule has 0 unspecified atom stereocenters. The molecule has 0 fully saturated rings. The second kappa shape index (κ2) is 5.56. The smallest absolute Gasteiger partial charge is 0.174 e. The summed E-state index contributed by atoms with van der Waals surface area (Å²) < 4.78 is 6.85. The lowest BCUT2D eigenvalue weighted by Gasteiger charge is -2.08. The zero-order chi connectivity index (χ0) is 13.7. The Morgan fingerprint density at radius 3 is 2.84 bits per heavy atom. The first-order valence-electron chi connectivity index (χ1n) is 5.54. The molecule has 0 saturated heterocycles. The number of hydrogen-bond acceptors (Lipinski definition) is 5. The summed E-state index contributed by atoms with van der Waals surface area (Å²) in [5.41, 5.74) is 7.68. The molecular formula is C13H11N5O. The molecule has 0 aliphatic heterocycles. The van der Waals surface area contributed by atoms with Gasteiger partial charge in [-0.3, -0.25) is 4.68 Å². The van der Waals surface area contributed by atoms with Gasteiger partial charge in [-0.15, -0.1) is 0 Å². The van der Waals surface area contributed by atoms with Gasteiger partial charge in [-0.25, -0.2) is 0 Å². The lowest BCUT2D eigenvalue weighted by atomic mass is 10.1. The molecule has 6 nitrogen and oxygen atoms in total. The Morgan fingerprint density at radius 2 is 2.11 bits per heavy atom. The predicted octanol–water partition coefficient (Wildman–Crippen LogP) is 1.56. The predicted molar refractivity (Wildman–Crippen MR) is 68.8 cm³/mol. The van der Waals surface area contributed by atoms with Crippen LogP contribution in [0.25, 0.3) is 11.3 Å². The first kappa shape index (κ1) is 12.5. The van der Waals surface area contributed by atoms with Crippen LogP contribution in [0.3, 0.4) is 0 Å². The maximum atomic E-state index is 8.62. The molecular weight excluding hydrogens is 242 g/mol. The van der Waals surface area contributed by atoms with Crippen LogP contribution in [0.1, 0.15) is 0 Å². The molecule has 1 heterocycles. The summed E-state index contributed by atoms with van der Waals surface area (Å²) in [6.07, 6.45) is 1.70. The molecule has 2 rings (SSSR count). The van der Waals surface area contributed by atoms with E-state index < -0.39 is 0 Å². The van der Waals surface area contributed by atoms with Crippen LogP contribution < -0.4 is 10.5 Å². The average molecular weight is 253 g/mol. The van der Waals surface area contributed by atoms with E-state index in [0.29, 0.717) is 22.7 Å². The molecule has 0 aliphatic carbocycles. The first-order chi connectivity index (χ1) is 9.24. The van der Waals surface area contributed by atoms with E-state index in [-0.39, 0.29) is 13.2 Å². The van der Waals surface area contributed by atoms with Gasteiger partial charge in [0.15, 0.2) is 6.61 Å². The van der Waals surface area contributed by atoms with Crippen molar-refractivity contribution in [1.82, 2.24) is 9.78 Å². The Balaban J connectivity index is 2.38. The third kappa shape index (κ3) is 2.82. The fourth-order valence-electron chi connectivity index (χ4n) is 1.65. The molecule has 1 aromatic heterocycles. The van der Waals surface area contributed by atoms with Gasteiger partial charge in [-0.2, -0.15) is 15.6 Å². The molecule has 0 atom stereocenters. The summed E-state index contributed by atoms with van der Waals surface area (Å²) in [5.74, 6) is 0.540. The molecule has 0 radical (unpaired) electrons.